The second kappa shape index (κ2) is 12.4. The van der Waals surface area contributed by atoms with Crippen LogP contribution in [0.2, 0.25) is 5.02 Å². The third-order valence-electron chi connectivity index (χ3n) is 6.83. The maximum absolute atomic E-state index is 14.2. The summed E-state index contributed by atoms with van der Waals surface area (Å²) in [5.41, 5.74) is 3.08. The minimum absolute atomic E-state index is 0.104. The first-order valence-electron chi connectivity index (χ1n) is 13.1. The molecule has 0 spiro atoms. The zero-order valence-electron chi connectivity index (χ0n) is 22.0. The van der Waals surface area contributed by atoms with Gasteiger partial charge < -0.3 is 14.7 Å². The predicted molar refractivity (Wildman–Crippen MR) is 150 cm³/mol. The molecule has 5 rings (SSSR count). The molecule has 3 aromatic carbocycles. The molecule has 4 aromatic rings. The van der Waals surface area contributed by atoms with Gasteiger partial charge in [-0.05, 0) is 41.5 Å². The molecule has 0 bridgehead atoms. The molecule has 1 aliphatic heterocycles. The van der Waals surface area contributed by atoms with E-state index < -0.39 is 6.04 Å². The summed E-state index contributed by atoms with van der Waals surface area (Å²) in [5, 5.41) is 7.44. The number of aromatic nitrogens is 2. The lowest BCUT2D eigenvalue weighted by Crippen LogP contribution is -2.55. The van der Waals surface area contributed by atoms with E-state index in [0.29, 0.717) is 55.0 Å². The van der Waals surface area contributed by atoms with Crippen LogP contribution < -0.4 is 5.32 Å². The summed E-state index contributed by atoms with van der Waals surface area (Å²) >= 11 is 6.09. The van der Waals surface area contributed by atoms with Gasteiger partial charge in [0.15, 0.2) is 0 Å². The van der Waals surface area contributed by atoms with Gasteiger partial charge in [-0.1, -0.05) is 59.2 Å². The lowest BCUT2D eigenvalue weighted by Gasteiger charge is -2.36. The van der Waals surface area contributed by atoms with Crippen molar-refractivity contribution in [3.63, 3.8) is 0 Å². The fourth-order valence-electron chi connectivity index (χ4n) is 4.82. The molecule has 2 amide bonds. The first-order chi connectivity index (χ1) is 19.4. The van der Waals surface area contributed by atoms with E-state index in [4.69, 9.17) is 16.1 Å². The smallest absolute Gasteiger partial charge is 0.258 e. The van der Waals surface area contributed by atoms with E-state index in [1.165, 1.54) is 13.0 Å². The summed E-state index contributed by atoms with van der Waals surface area (Å²) in [4.78, 5) is 33.6. The molecule has 1 fully saturated rings. The zero-order chi connectivity index (χ0) is 28.1. The largest absolute Gasteiger partial charge is 0.344 e. The fraction of sp³-hybridized carbons (Fsp3) is 0.267. The molecule has 10 heteroatoms. The standard InChI is InChI=1S/C30H29ClFN5O3/c1-20(38)33-27(18-22-7-2-3-11-26(22)32)30(39)37-14-12-36(13-15-37)19-21-6-4-8-23(16-21)28-34-29(40-35-28)24-9-5-10-25(31)17-24/h2-11,16-17,27H,12-15,18-19H2,1H3,(H,33,38)/t27-/m1/s1. The highest BCUT2D eigenvalue weighted by molar-refractivity contribution is 6.30. The van der Waals surface area contributed by atoms with Crippen LogP contribution in [0.4, 0.5) is 4.39 Å². The molecule has 1 aliphatic rings. The molecular formula is C30H29ClFN5O3. The van der Waals surface area contributed by atoms with E-state index in [1.807, 2.05) is 36.4 Å². The van der Waals surface area contributed by atoms with Gasteiger partial charge in [-0.3, -0.25) is 14.5 Å². The zero-order valence-corrected chi connectivity index (χ0v) is 22.8. The van der Waals surface area contributed by atoms with Crippen LogP contribution in [0.3, 0.4) is 0 Å². The molecule has 0 radical (unpaired) electrons. The molecular weight excluding hydrogens is 533 g/mol. The first-order valence-corrected chi connectivity index (χ1v) is 13.4. The van der Waals surface area contributed by atoms with E-state index in [1.54, 1.807) is 35.2 Å². The van der Waals surface area contributed by atoms with Gasteiger partial charge in [0, 0.05) is 62.2 Å². The number of nitrogens with one attached hydrogen (secondary N) is 1. The Labute approximate surface area is 236 Å². The van der Waals surface area contributed by atoms with Crippen molar-refractivity contribution in [2.24, 2.45) is 0 Å². The molecule has 2 heterocycles. The topological polar surface area (TPSA) is 91.6 Å². The van der Waals surface area contributed by atoms with Crippen molar-refractivity contribution in [3.8, 4) is 22.8 Å². The molecule has 1 aromatic heterocycles. The number of carbonyl (C=O) groups excluding carboxylic acids is 2. The van der Waals surface area contributed by atoms with Gasteiger partial charge in [-0.2, -0.15) is 4.98 Å². The number of hydrogen-bond donors (Lipinski definition) is 1. The minimum atomic E-state index is -0.815. The number of carbonyl (C=O) groups is 2. The summed E-state index contributed by atoms with van der Waals surface area (Å²) < 4.78 is 19.7. The van der Waals surface area contributed by atoms with E-state index in [2.05, 4.69) is 20.4 Å². The summed E-state index contributed by atoms with van der Waals surface area (Å²) in [7, 11) is 0. The molecule has 8 nitrogen and oxygen atoms in total. The highest BCUT2D eigenvalue weighted by atomic mass is 35.5. The maximum atomic E-state index is 14.2. The molecule has 0 unspecified atom stereocenters. The number of piperazine rings is 1. The van der Waals surface area contributed by atoms with Crippen molar-refractivity contribution in [2.45, 2.75) is 25.9 Å². The molecule has 0 saturated carbocycles. The Morgan fingerprint density at radius 1 is 1.00 bits per heavy atom. The van der Waals surface area contributed by atoms with Crippen LogP contribution >= 0.6 is 11.6 Å². The average Bonchev–Trinajstić information content (AvgIpc) is 3.45. The first kappa shape index (κ1) is 27.5. The van der Waals surface area contributed by atoms with Crippen molar-refractivity contribution in [3.05, 3.63) is 94.8 Å². The highest BCUT2D eigenvalue weighted by Crippen LogP contribution is 2.25. The quantitative estimate of drug-likeness (QED) is 0.338. The molecule has 1 N–H and O–H groups in total. The van der Waals surface area contributed by atoms with Crippen LogP contribution in [0.25, 0.3) is 22.8 Å². The van der Waals surface area contributed by atoms with Gasteiger partial charge in [0.1, 0.15) is 11.9 Å². The average molecular weight is 562 g/mol. The molecule has 206 valence electrons. The normalized spacial score (nSPS) is 14.6. The molecule has 1 saturated heterocycles. The number of halogens is 2. The minimum Gasteiger partial charge on any atom is -0.344 e. The van der Waals surface area contributed by atoms with Crippen LogP contribution in [0.5, 0.6) is 0 Å². The number of benzene rings is 3. The molecule has 1 atom stereocenters. The van der Waals surface area contributed by atoms with Crippen LogP contribution in [-0.2, 0) is 22.6 Å². The third-order valence-corrected chi connectivity index (χ3v) is 7.07. The summed E-state index contributed by atoms with van der Waals surface area (Å²) in [5.74, 6) is -0.0243. The second-order valence-corrected chi connectivity index (χ2v) is 10.2. The van der Waals surface area contributed by atoms with Crippen LogP contribution in [0.15, 0.2) is 77.3 Å². The van der Waals surface area contributed by atoms with Gasteiger partial charge in [0.05, 0.1) is 0 Å². The molecule has 40 heavy (non-hydrogen) atoms. The van der Waals surface area contributed by atoms with Crippen LogP contribution in [0.1, 0.15) is 18.1 Å². The number of rotatable bonds is 8. The van der Waals surface area contributed by atoms with Crippen molar-refractivity contribution < 1.29 is 18.5 Å². The number of amides is 2. The summed E-state index contributed by atoms with van der Waals surface area (Å²) in [6.45, 7) is 4.42. The van der Waals surface area contributed by atoms with Crippen LogP contribution in [-0.4, -0.2) is 64.0 Å². The summed E-state index contributed by atoms with van der Waals surface area (Å²) in [6.07, 6.45) is 0.104. The van der Waals surface area contributed by atoms with Gasteiger partial charge in [-0.25, -0.2) is 4.39 Å². The van der Waals surface area contributed by atoms with E-state index in [-0.39, 0.29) is 24.1 Å². The third kappa shape index (κ3) is 6.73. The van der Waals surface area contributed by atoms with Crippen molar-refractivity contribution in [2.75, 3.05) is 26.2 Å². The summed E-state index contributed by atoms with van der Waals surface area (Å²) in [6, 6.07) is 20.7. The number of nitrogens with zero attached hydrogens (tertiary/aromatic N) is 4. The highest BCUT2D eigenvalue weighted by Gasteiger charge is 2.29. The Hall–Kier alpha value is -4.08. The van der Waals surface area contributed by atoms with E-state index >= 15 is 0 Å². The Morgan fingerprint density at radius 3 is 2.50 bits per heavy atom. The Balaban J connectivity index is 1.20. The maximum Gasteiger partial charge on any atom is 0.258 e. The van der Waals surface area contributed by atoms with Gasteiger partial charge in [-0.15, -0.1) is 0 Å². The van der Waals surface area contributed by atoms with Crippen LogP contribution in [0, 0.1) is 5.82 Å². The second-order valence-electron chi connectivity index (χ2n) is 9.78. The monoisotopic (exact) mass is 561 g/mol. The Kier molecular flexibility index (Phi) is 8.52. The Bertz CT molecular complexity index is 1500. The van der Waals surface area contributed by atoms with E-state index in [9.17, 15) is 14.0 Å². The van der Waals surface area contributed by atoms with E-state index in [0.717, 1.165) is 16.7 Å². The lowest BCUT2D eigenvalue weighted by molar-refractivity contribution is -0.137. The fourth-order valence-corrected chi connectivity index (χ4v) is 5.01. The lowest BCUT2D eigenvalue weighted by atomic mass is 10.0. The van der Waals surface area contributed by atoms with Gasteiger partial charge in [0.2, 0.25) is 17.6 Å². The van der Waals surface area contributed by atoms with Crippen molar-refractivity contribution in [1.29, 1.82) is 0 Å². The predicted octanol–water partition coefficient (Wildman–Crippen LogP) is 4.59. The SMILES string of the molecule is CC(=O)N[C@H](Cc1ccccc1F)C(=O)N1CCN(Cc2cccc(-c3noc(-c4cccc(Cl)c4)n3)c2)CC1. The van der Waals surface area contributed by atoms with Crippen molar-refractivity contribution in [1.82, 2.24) is 25.3 Å². The van der Waals surface area contributed by atoms with Crippen molar-refractivity contribution >= 4 is 23.4 Å². The van der Waals surface area contributed by atoms with Gasteiger partial charge >= 0.3 is 0 Å². The molecule has 0 aliphatic carbocycles. The number of hydrogen-bond acceptors (Lipinski definition) is 6. The Morgan fingerprint density at radius 2 is 1.75 bits per heavy atom. The van der Waals surface area contributed by atoms with Gasteiger partial charge in [0.25, 0.3) is 5.89 Å².